The number of aromatic amines is 1. The van der Waals surface area contributed by atoms with Gasteiger partial charge in [-0.15, -0.1) is 0 Å². The van der Waals surface area contributed by atoms with E-state index in [2.05, 4.69) is 96.8 Å². The predicted molar refractivity (Wildman–Crippen MR) is 144 cm³/mol. The van der Waals surface area contributed by atoms with E-state index in [1.807, 2.05) is 6.07 Å². The van der Waals surface area contributed by atoms with E-state index in [0.717, 1.165) is 46.3 Å². The number of aryl methyl sites for hydroxylation is 1. The molecule has 5 rings (SSSR count). The number of aromatic nitrogens is 1. The van der Waals surface area contributed by atoms with E-state index in [4.69, 9.17) is 11.5 Å². The first kappa shape index (κ1) is 22.2. The van der Waals surface area contributed by atoms with Crippen LogP contribution in [0.15, 0.2) is 91.8 Å². The molecule has 0 saturated carbocycles. The molecule has 1 atom stereocenters. The summed E-state index contributed by atoms with van der Waals surface area (Å²) in [6.45, 7) is 11.1. The fourth-order valence-corrected chi connectivity index (χ4v) is 5.09. The summed E-state index contributed by atoms with van der Waals surface area (Å²) in [4.78, 5) is 5.74. The number of anilines is 1. The topological polar surface area (TPSA) is 71.1 Å². The van der Waals surface area contributed by atoms with Gasteiger partial charge in [0.05, 0.1) is 12.2 Å². The smallest absolute Gasteiger partial charge is 0.0562 e. The number of H-pyrrole nitrogens is 1. The summed E-state index contributed by atoms with van der Waals surface area (Å²) in [5.41, 5.74) is 22.1. The molecule has 0 aliphatic carbocycles. The summed E-state index contributed by atoms with van der Waals surface area (Å²) in [6.07, 6.45) is 4.34. The van der Waals surface area contributed by atoms with E-state index in [-0.39, 0.29) is 12.2 Å². The molecule has 4 nitrogen and oxygen atoms in total. The number of nitrogens with zero attached hydrogens (tertiary/aromatic N) is 1. The minimum atomic E-state index is -0.328. The molecule has 1 aliphatic heterocycles. The van der Waals surface area contributed by atoms with E-state index >= 15 is 0 Å². The van der Waals surface area contributed by atoms with Crippen molar-refractivity contribution in [2.45, 2.75) is 38.4 Å². The molecule has 2 heterocycles. The van der Waals surface area contributed by atoms with E-state index in [9.17, 15) is 0 Å². The number of allylic oxidation sites excluding steroid dienone is 1. The second-order valence-electron chi connectivity index (χ2n) is 9.29. The first-order chi connectivity index (χ1) is 16.4. The molecule has 0 bridgehead atoms. The Balaban J connectivity index is 1.44. The van der Waals surface area contributed by atoms with Crippen LogP contribution in [0.2, 0.25) is 0 Å². The van der Waals surface area contributed by atoms with Gasteiger partial charge in [-0.1, -0.05) is 61.7 Å². The van der Waals surface area contributed by atoms with E-state index < -0.39 is 0 Å². The second-order valence-corrected chi connectivity index (χ2v) is 9.29. The highest BCUT2D eigenvalue weighted by Gasteiger charge is 2.26. The highest BCUT2D eigenvalue weighted by atomic mass is 15.2. The predicted octanol–water partition coefficient (Wildman–Crippen LogP) is 6.04. The lowest BCUT2D eigenvalue weighted by atomic mass is 9.91. The lowest BCUT2D eigenvalue weighted by Crippen LogP contribution is -2.32. The van der Waals surface area contributed by atoms with E-state index in [0.29, 0.717) is 6.42 Å². The zero-order valence-electron chi connectivity index (χ0n) is 19.7. The first-order valence-electron chi connectivity index (χ1n) is 11.9. The zero-order valence-corrected chi connectivity index (χ0v) is 19.7. The summed E-state index contributed by atoms with van der Waals surface area (Å²) < 4.78 is 0. The largest absolute Gasteiger partial charge is 0.361 e. The summed E-state index contributed by atoms with van der Waals surface area (Å²) in [7, 11) is 0. The van der Waals surface area contributed by atoms with E-state index in [1.54, 1.807) is 0 Å². The molecule has 34 heavy (non-hydrogen) atoms. The average molecular weight is 449 g/mol. The zero-order chi connectivity index (χ0) is 23.8. The van der Waals surface area contributed by atoms with Crippen LogP contribution in [0.3, 0.4) is 0 Å². The average Bonchev–Trinajstić information content (AvgIpc) is 3.27. The maximum Gasteiger partial charge on any atom is 0.0562 e. The molecule has 5 N–H and O–H groups in total. The van der Waals surface area contributed by atoms with Crippen molar-refractivity contribution >= 4 is 22.2 Å². The highest BCUT2D eigenvalue weighted by molar-refractivity contribution is 5.96. The molecule has 1 aliphatic rings. The van der Waals surface area contributed by atoms with Crippen molar-refractivity contribution < 1.29 is 0 Å². The fourth-order valence-electron chi connectivity index (χ4n) is 5.09. The summed E-state index contributed by atoms with van der Waals surface area (Å²) in [5.74, 6) is 0. The molecule has 1 aromatic heterocycles. The van der Waals surface area contributed by atoms with Crippen molar-refractivity contribution in [2.75, 3.05) is 4.90 Å². The monoisotopic (exact) mass is 448 g/mol. The molecule has 0 saturated heterocycles. The Labute approximate surface area is 201 Å². The molecule has 0 fully saturated rings. The molecule has 4 aromatic rings. The molecule has 1 unspecified atom stereocenters. The maximum absolute atomic E-state index is 5.75. The number of nitrogens with one attached hydrogen (secondary N) is 1. The Morgan fingerprint density at radius 1 is 1.03 bits per heavy atom. The molecule has 172 valence electrons. The molecular formula is C30H32N4. The molecule has 0 amide bonds. The van der Waals surface area contributed by atoms with Gasteiger partial charge in [0, 0.05) is 40.5 Å². The van der Waals surface area contributed by atoms with Crippen LogP contribution in [0.4, 0.5) is 5.69 Å². The van der Waals surface area contributed by atoms with Gasteiger partial charge in [0.25, 0.3) is 0 Å². The van der Waals surface area contributed by atoms with Crippen molar-refractivity contribution in [1.29, 1.82) is 0 Å². The standard InChI is InChI=1S/C30H32N4/c1-19-8-11-25-17-24(20(2)27-18-33-28-7-5-4-6-26(27)28)14-15-29(25)34(19)21(3)23-12-9-22(10-13-23)16-30(31)32/h4-7,9-10,12-15,17-18,21,30,33H,1-2,8,11,16,31-32H2,3H3. The van der Waals surface area contributed by atoms with Gasteiger partial charge in [0.15, 0.2) is 0 Å². The molecular weight excluding hydrogens is 416 g/mol. The third-order valence-corrected chi connectivity index (χ3v) is 6.95. The van der Waals surface area contributed by atoms with Gasteiger partial charge in [0.2, 0.25) is 0 Å². The van der Waals surface area contributed by atoms with Crippen LogP contribution in [0.25, 0.3) is 16.5 Å². The quantitative estimate of drug-likeness (QED) is 0.315. The van der Waals surface area contributed by atoms with Crippen molar-refractivity contribution in [2.24, 2.45) is 11.5 Å². The van der Waals surface area contributed by atoms with Crippen LogP contribution in [0.5, 0.6) is 0 Å². The Bertz CT molecular complexity index is 1360. The van der Waals surface area contributed by atoms with Crippen LogP contribution in [0.1, 0.15) is 47.2 Å². The van der Waals surface area contributed by atoms with Gasteiger partial charge in [-0.05, 0) is 65.8 Å². The Morgan fingerprint density at radius 2 is 1.79 bits per heavy atom. The summed E-state index contributed by atoms with van der Waals surface area (Å²) in [5, 5.41) is 1.20. The van der Waals surface area contributed by atoms with Crippen molar-refractivity contribution in [3.8, 4) is 0 Å². The molecule has 0 spiro atoms. The third kappa shape index (κ3) is 4.07. The maximum atomic E-state index is 5.75. The van der Waals surface area contributed by atoms with E-state index in [1.165, 1.54) is 22.2 Å². The first-order valence-corrected chi connectivity index (χ1v) is 11.9. The minimum Gasteiger partial charge on any atom is -0.361 e. The number of benzene rings is 3. The van der Waals surface area contributed by atoms with Gasteiger partial charge >= 0.3 is 0 Å². The number of fused-ring (bicyclic) bond motifs is 2. The summed E-state index contributed by atoms with van der Waals surface area (Å²) in [6, 6.07) is 23.9. The number of rotatable bonds is 6. The third-order valence-electron chi connectivity index (χ3n) is 6.95. The number of para-hydroxylation sites is 1. The van der Waals surface area contributed by atoms with Gasteiger partial charge in [0.1, 0.15) is 0 Å². The number of hydrogen-bond acceptors (Lipinski definition) is 3. The van der Waals surface area contributed by atoms with Crippen molar-refractivity contribution in [3.05, 3.63) is 120 Å². The number of hydrogen-bond donors (Lipinski definition) is 3. The van der Waals surface area contributed by atoms with Gasteiger partial charge in [-0.25, -0.2) is 0 Å². The lowest BCUT2D eigenvalue weighted by molar-refractivity contribution is 0.681. The molecule has 3 aromatic carbocycles. The van der Waals surface area contributed by atoms with Crippen LogP contribution in [-0.4, -0.2) is 11.1 Å². The van der Waals surface area contributed by atoms with Crippen LogP contribution in [0, 0.1) is 0 Å². The van der Waals surface area contributed by atoms with Crippen LogP contribution >= 0.6 is 0 Å². The van der Waals surface area contributed by atoms with Crippen LogP contribution in [-0.2, 0) is 12.8 Å². The Morgan fingerprint density at radius 3 is 2.56 bits per heavy atom. The van der Waals surface area contributed by atoms with Gasteiger partial charge in [-0.2, -0.15) is 0 Å². The van der Waals surface area contributed by atoms with Gasteiger partial charge in [-0.3, -0.25) is 0 Å². The number of nitrogens with two attached hydrogens (primary N) is 2. The SMILES string of the molecule is C=C(c1ccc2c(c1)CCC(=C)N2C(C)c1ccc(CC(N)N)cc1)c1c[nH]c2ccccc12. The Hall–Kier alpha value is -3.60. The summed E-state index contributed by atoms with van der Waals surface area (Å²) >= 11 is 0. The molecule has 4 heteroatoms. The minimum absolute atomic E-state index is 0.176. The fraction of sp³-hybridized carbons (Fsp3) is 0.200. The highest BCUT2D eigenvalue weighted by Crippen LogP contribution is 2.40. The van der Waals surface area contributed by atoms with Gasteiger partial charge < -0.3 is 21.4 Å². The molecule has 0 radical (unpaired) electrons. The normalized spacial score (nSPS) is 14.5. The van der Waals surface area contributed by atoms with Crippen LogP contribution < -0.4 is 16.4 Å². The second kappa shape index (κ2) is 8.98. The van der Waals surface area contributed by atoms with Crippen molar-refractivity contribution in [3.63, 3.8) is 0 Å². The van der Waals surface area contributed by atoms with Crippen molar-refractivity contribution in [1.82, 2.24) is 4.98 Å². The Kier molecular flexibility index (Phi) is 5.86. The lowest BCUT2D eigenvalue weighted by Gasteiger charge is -2.38.